The number of nitrogens with one attached hydrogen (secondary N) is 1. The Morgan fingerprint density at radius 1 is 0.854 bits per heavy atom. The van der Waals surface area contributed by atoms with Gasteiger partial charge in [-0.25, -0.2) is 4.79 Å². The zero-order valence-electron chi connectivity index (χ0n) is 29.9. The predicted octanol–water partition coefficient (Wildman–Crippen LogP) is 4.76. The van der Waals surface area contributed by atoms with Crippen LogP contribution in [0.4, 0.5) is 4.79 Å². The molecule has 7 aliphatic rings. The Morgan fingerprint density at radius 3 is 2.27 bits per heavy atom. The van der Waals surface area contributed by atoms with Gasteiger partial charge in [0.25, 0.3) is 0 Å². The molecular formula is C38H61NO9. The van der Waals surface area contributed by atoms with E-state index < -0.39 is 49.5 Å². The number of allylic oxidation sites excluding steroid dienone is 1. The number of carboxylic acid groups (broad SMARTS) is 1. The zero-order chi connectivity index (χ0) is 34.7. The third-order valence-electron chi connectivity index (χ3n) is 16.0. The number of amides is 1. The molecule has 10 nitrogen and oxygen atoms in total. The van der Waals surface area contributed by atoms with Crippen molar-refractivity contribution in [3.8, 4) is 0 Å². The van der Waals surface area contributed by atoms with Crippen molar-refractivity contribution in [1.29, 1.82) is 0 Å². The van der Waals surface area contributed by atoms with E-state index in [1.165, 1.54) is 5.57 Å². The van der Waals surface area contributed by atoms with E-state index in [0.717, 1.165) is 64.2 Å². The minimum atomic E-state index is -1.41. The second kappa shape index (κ2) is 11.6. The third kappa shape index (κ3) is 5.01. The van der Waals surface area contributed by atoms with E-state index in [9.17, 15) is 30.3 Å². The van der Waals surface area contributed by atoms with Gasteiger partial charge in [0.2, 0.25) is 0 Å². The number of aliphatic hydroxyl groups is 4. The number of fused-ring (bicyclic) bond motifs is 9. The average Bonchev–Trinajstić information content (AvgIpc) is 3.02. The third-order valence-corrected chi connectivity index (χ3v) is 16.0. The molecule has 2 aliphatic heterocycles. The summed E-state index contributed by atoms with van der Waals surface area (Å²) < 4.78 is 18.9. The number of carbonyl (C=O) groups is 1. The van der Waals surface area contributed by atoms with Crippen molar-refractivity contribution in [2.24, 2.45) is 44.8 Å². The van der Waals surface area contributed by atoms with Crippen LogP contribution in [0.3, 0.4) is 0 Å². The van der Waals surface area contributed by atoms with Gasteiger partial charge in [0, 0.05) is 23.3 Å². The first-order valence-electron chi connectivity index (χ1n) is 18.7. The Kier molecular flexibility index (Phi) is 8.51. The molecule has 0 spiro atoms. The molecule has 48 heavy (non-hydrogen) atoms. The van der Waals surface area contributed by atoms with Crippen LogP contribution in [0.2, 0.25) is 0 Å². The fraction of sp³-hybridized carbons (Fsp3) is 0.921. The van der Waals surface area contributed by atoms with E-state index in [1.54, 1.807) is 0 Å². The minimum Gasteiger partial charge on any atom is -0.465 e. The van der Waals surface area contributed by atoms with Crippen molar-refractivity contribution in [1.82, 2.24) is 5.32 Å². The quantitative estimate of drug-likeness (QED) is 0.231. The fourth-order valence-corrected chi connectivity index (χ4v) is 13.1. The topological polar surface area (TPSA) is 158 Å². The van der Waals surface area contributed by atoms with E-state index in [4.69, 9.17) is 14.2 Å². The van der Waals surface area contributed by atoms with E-state index in [0.29, 0.717) is 18.4 Å². The summed E-state index contributed by atoms with van der Waals surface area (Å²) >= 11 is 0. The maximum absolute atomic E-state index is 12.1. The smallest absolute Gasteiger partial charge is 0.405 e. The molecule has 2 heterocycles. The lowest BCUT2D eigenvalue weighted by atomic mass is 9.34. The molecular weight excluding hydrogens is 614 g/mol. The van der Waals surface area contributed by atoms with Crippen LogP contribution >= 0.6 is 0 Å². The number of aliphatic hydroxyl groups excluding tert-OH is 4. The van der Waals surface area contributed by atoms with Crippen LogP contribution in [0.5, 0.6) is 0 Å². The van der Waals surface area contributed by atoms with E-state index in [2.05, 4.69) is 52.9 Å². The highest BCUT2D eigenvalue weighted by Crippen LogP contribution is 2.75. The molecule has 7 rings (SSSR count). The van der Waals surface area contributed by atoms with Gasteiger partial charge in [-0.1, -0.05) is 53.2 Å². The molecule has 0 aromatic rings. The van der Waals surface area contributed by atoms with Crippen LogP contribution in [0, 0.1) is 44.8 Å². The lowest BCUT2D eigenvalue weighted by molar-refractivity contribution is -0.326. The molecule has 0 aromatic carbocycles. The first-order chi connectivity index (χ1) is 22.4. The Labute approximate surface area is 286 Å². The van der Waals surface area contributed by atoms with Gasteiger partial charge >= 0.3 is 6.09 Å². The van der Waals surface area contributed by atoms with Crippen molar-refractivity contribution in [2.45, 2.75) is 161 Å². The minimum absolute atomic E-state index is 0.00397. The normalized spacial score (nSPS) is 54.3. The van der Waals surface area contributed by atoms with Crippen LogP contribution in [0.15, 0.2) is 11.6 Å². The molecule has 4 saturated carbocycles. The number of hydrogen-bond acceptors (Lipinski definition) is 8. The number of ether oxygens (including phenoxy) is 3. The molecule has 15 atom stereocenters. The summed E-state index contributed by atoms with van der Waals surface area (Å²) in [4.78, 5) is 12.1. The molecule has 0 radical (unpaired) electrons. The number of rotatable bonds is 4. The van der Waals surface area contributed by atoms with Gasteiger partial charge in [-0.2, -0.15) is 0 Å². The summed E-state index contributed by atoms with van der Waals surface area (Å²) in [5, 5.41) is 53.9. The Balaban J connectivity index is 1.12. The van der Waals surface area contributed by atoms with Crippen LogP contribution < -0.4 is 5.32 Å². The van der Waals surface area contributed by atoms with Crippen LogP contribution in [-0.4, -0.2) is 93.3 Å². The molecule has 0 aromatic heterocycles. The SMILES string of the molecule is CC1(C)CC[C@]2(NC(=O)O)CC[C@]3(C)C(=CC[C@@H]4[C@@]5(C)CC[C@@H]6O[C@H](C[C@H]7O[C@H](CO)[C@@H](O)[C@H](O)[C@@H]7O)OC[C@@]6(C)[C@@H]5CC[C@]43C)[C@@H]2C1. The summed E-state index contributed by atoms with van der Waals surface area (Å²) in [5.74, 6) is 1.14. The van der Waals surface area contributed by atoms with Crippen LogP contribution in [-0.2, 0) is 14.2 Å². The summed E-state index contributed by atoms with van der Waals surface area (Å²) in [6.45, 7) is 14.8. The van der Waals surface area contributed by atoms with Crippen molar-refractivity contribution in [3.63, 3.8) is 0 Å². The highest BCUT2D eigenvalue weighted by molar-refractivity contribution is 5.66. The molecule has 272 valence electrons. The largest absolute Gasteiger partial charge is 0.465 e. The summed E-state index contributed by atoms with van der Waals surface area (Å²) in [7, 11) is 0. The molecule has 6 N–H and O–H groups in total. The summed E-state index contributed by atoms with van der Waals surface area (Å²) in [6, 6.07) is 0. The molecule has 0 bridgehead atoms. The lowest BCUT2D eigenvalue weighted by Gasteiger charge is -2.72. The molecule has 5 aliphatic carbocycles. The van der Waals surface area contributed by atoms with Gasteiger partial charge in [0.1, 0.15) is 24.4 Å². The highest BCUT2D eigenvalue weighted by atomic mass is 16.7. The van der Waals surface area contributed by atoms with Gasteiger partial charge in [-0.05, 0) is 97.7 Å². The van der Waals surface area contributed by atoms with Crippen LogP contribution in [0.1, 0.15) is 112 Å². The zero-order valence-corrected chi connectivity index (χ0v) is 29.9. The van der Waals surface area contributed by atoms with Crippen LogP contribution in [0.25, 0.3) is 0 Å². The fourth-order valence-electron chi connectivity index (χ4n) is 13.1. The molecule has 6 fully saturated rings. The second-order valence-corrected chi connectivity index (χ2v) is 18.8. The van der Waals surface area contributed by atoms with Gasteiger partial charge in [-0.15, -0.1) is 0 Å². The molecule has 1 amide bonds. The highest BCUT2D eigenvalue weighted by Gasteiger charge is 2.69. The molecule has 0 unspecified atom stereocenters. The van der Waals surface area contributed by atoms with E-state index in [1.807, 2.05) is 0 Å². The Morgan fingerprint density at radius 2 is 1.56 bits per heavy atom. The summed E-state index contributed by atoms with van der Waals surface area (Å²) in [5.41, 5.74) is 1.38. The average molecular weight is 676 g/mol. The molecule has 10 heteroatoms. The second-order valence-electron chi connectivity index (χ2n) is 18.8. The summed E-state index contributed by atoms with van der Waals surface area (Å²) in [6.07, 6.45) is 5.51. The van der Waals surface area contributed by atoms with Gasteiger partial charge in [0.05, 0.1) is 25.4 Å². The van der Waals surface area contributed by atoms with Gasteiger partial charge < -0.3 is 45.1 Å². The monoisotopic (exact) mass is 675 g/mol. The number of hydrogen-bond donors (Lipinski definition) is 6. The maximum atomic E-state index is 12.1. The van der Waals surface area contributed by atoms with Gasteiger partial charge in [0.15, 0.2) is 6.29 Å². The van der Waals surface area contributed by atoms with Crippen molar-refractivity contribution < 1.29 is 44.5 Å². The molecule has 2 saturated heterocycles. The first kappa shape index (κ1) is 35.1. The lowest BCUT2D eigenvalue weighted by Crippen LogP contribution is -2.69. The Bertz CT molecular complexity index is 1300. The van der Waals surface area contributed by atoms with Gasteiger partial charge in [-0.3, -0.25) is 0 Å². The van der Waals surface area contributed by atoms with Crippen molar-refractivity contribution in [3.05, 3.63) is 11.6 Å². The van der Waals surface area contributed by atoms with E-state index >= 15 is 0 Å². The van der Waals surface area contributed by atoms with E-state index in [-0.39, 0.29) is 51.1 Å². The standard InChI is InChI=1S/C38H61NO9/c1-33(2)13-15-38(39-32(44)45)16-14-36(5)21(22(38)18-33)7-8-26-34(3)11-10-27-35(4,25(34)9-12-37(26,36)6)20-46-28(48-27)17-23-29(41)31(43)30(42)24(19-40)47-23/h7,22-31,39-43H,8-20H2,1-6H3,(H,44,45)/t22-,23+,24+,25+,26+,27-,28+,29+,30+,31+,34-,35-,36+,37+,38-/m0/s1. The Hall–Kier alpha value is -1.27. The first-order valence-corrected chi connectivity index (χ1v) is 18.7. The van der Waals surface area contributed by atoms with Crippen molar-refractivity contribution >= 4 is 6.09 Å². The van der Waals surface area contributed by atoms with Crippen molar-refractivity contribution in [2.75, 3.05) is 13.2 Å². The predicted molar refractivity (Wildman–Crippen MR) is 178 cm³/mol. The maximum Gasteiger partial charge on any atom is 0.405 e.